The maximum Gasteiger partial charge on any atom is 0.412 e. The number of halogens is 1. The zero-order valence-electron chi connectivity index (χ0n) is 25.4. The Hall–Kier alpha value is -3.41. The van der Waals surface area contributed by atoms with Gasteiger partial charge in [-0.25, -0.2) is 9.18 Å². The molecule has 5 nitrogen and oxygen atoms in total. The second-order valence-corrected chi connectivity index (χ2v) is 8.30. The summed E-state index contributed by atoms with van der Waals surface area (Å²) >= 11 is 0. The average Bonchev–Trinajstić information content (AvgIpc) is 2.92. The average molecular weight is 542 g/mol. The van der Waals surface area contributed by atoms with E-state index in [0.717, 1.165) is 38.1 Å². The number of benzene rings is 1. The van der Waals surface area contributed by atoms with Gasteiger partial charge in [0.15, 0.2) is 11.6 Å². The number of rotatable bonds is 14. The topological polar surface area (TPSA) is 53.9 Å². The molecule has 0 fully saturated rings. The number of ether oxygens (including phenoxy) is 1. The van der Waals surface area contributed by atoms with Gasteiger partial charge < -0.3 is 15.0 Å². The molecule has 1 aromatic rings. The molecule has 1 aromatic carbocycles. The van der Waals surface area contributed by atoms with Crippen LogP contribution in [0.3, 0.4) is 0 Å². The molecule has 1 rings (SSSR count). The Labute approximate surface area is 237 Å². The lowest BCUT2D eigenvalue weighted by Gasteiger charge is -2.32. The Morgan fingerprint density at radius 3 is 2.33 bits per heavy atom. The number of aliphatic imine (C=N–C) groups is 1. The molecule has 1 unspecified atom stereocenters. The van der Waals surface area contributed by atoms with Gasteiger partial charge in [-0.2, -0.15) is 0 Å². The molecule has 1 N–H and O–H groups in total. The van der Waals surface area contributed by atoms with Gasteiger partial charge in [-0.1, -0.05) is 87.9 Å². The van der Waals surface area contributed by atoms with E-state index in [1.54, 1.807) is 18.2 Å². The SMILES string of the molecule is C=C/C=C(\C=C/C)C(C)N(CCCCCCNC(=O)Oc1ccccc1F)C(C)=NC/C=C/C.C=CC.CC. The van der Waals surface area contributed by atoms with Gasteiger partial charge in [-0.15, -0.1) is 6.58 Å². The summed E-state index contributed by atoms with van der Waals surface area (Å²) in [6, 6.07) is 6.04. The van der Waals surface area contributed by atoms with Crippen molar-refractivity contribution >= 4 is 11.9 Å². The molecular weight excluding hydrogens is 489 g/mol. The summed E-state index contributed by atoms with van der Waals surface area (Å²) in [5.41, 5.74) is 1.19. The third-order valence-electron chi connectivity index (χ3n) is 5.33. The van der Waals surface area contributed by atoms with Crippen LogP contribution in [0.2, 0.25) is 0 Å². The van der Waals surface area contributed by atoms with E-state index >= 15 is 0 Å². The van der Waals surface area contributed by atoms with E-state index in [9.17, 15) is 9.18 Å². The molecule has 6 heteroatoms. The zero-order chi connectivity index (χ0) is 29.9. The number of allylic oxidation sites excluding steroid dienone is 5. The second-order valence-electron chi connectivity index (χ2n) is 8.30. The number of para-hydroxylation sites is 1. The number of hydrogen-bond acceptors (Lipinski definition) is 3. The maximum absolute atomic E-state index is 13.5. The first-order valence-electron chi connectivity index (χ1n) is 14.0. The predicted molar refractivity (Wildman–Crippen MR) is 168 cm³/mol. The smallest absolute Gasteiger partial charge is 0.407 e. The molecule has 1 atom stereocenters. The number of amides is 1. The Bertz CT molecular complexity index is 919. The molecule has 0 aromatic heterocycles. The molecule has 0 aliphatic rings. The van der Waals surface area contributed by atoms with Crippen molar-refractivity contribution in [3.8, 4) is 5.75 Å². The van der Waals surface area contributed by atoms with Gasteiger partial charge in [0.05, 0.1) is 18.4 Å². The molecule has 0 heterocycles. The van der Waals surface area contributed by atoms with Crippen LogP contribution in [-0.4, -0.2) is 42.5 Å². The van der Waals surface area contributed by atoms with Gasteiger partial charge in [0, 0.05) is 13.1 Å². The number of carbonyl (C=O) groups is 1. The van der Waals surface area contributed by atoms with Crippen LogP contribution >= 0.6 is 0 Å². The Morgan fingerprint density at radius 1 is 1.10 bits per heavy atom. The molecule has 1 amide bonds. The maximum atomic E-state index is 13.5. The van der Waals surface area contributed by atoms with Crippen LogP contribution in [0, 0.1) is 5.82 Å². The van der Waals surface area contributed by atoms with E-state index in [-0.39, 0.29) is 11.8 Å². The van der Waals surface area contributed by atoms with Gasteiger partial charge in [-0.3, -0.25) is 4.99 Å². The van der Waals surface area contributed by atoms with Crippen LogP contribution in [0.25, 0.3) is 0 Å². The number of nitrogens with zero attached hydrogens (tertiary/aromatic N) is 2. The van der Waals surface area contributed by atoms with Gasteiger partial charge in [0.1, 0.15) is 0 Å². The van der Waals surface area contributed by atoms with Crippen molar-refractivity contribution in [1.82, 2.24) is 10.2 Å². The van der Waals surface area contributed by atoms with Crippen LogP contribution < -0.4 is 10.1 Å². The molecule has 0 radical (unpaired) electrons. The van der Waals surface area contributed by atoms with Crippen LogP contribution in [-0.2, 0) is 0 Å². The van der Waals surface area contributed by atoms with Crippen LogP contribution in [0.15, 0.2) is 90.5 Å². The fraction of sp³-hybridized carbons (Fsp3) is 0.455. The molecule has 218 valence electrons. The highest BCUT2D eigenvalue weighted by Crippen LogP contribution is 2.16. The molecule has 0 bridgehead atoms. The van der Waals surface area contributed by atoms with Gasteiger partial charge >= 0.3 is 6.09 Å². The van der Waals surface area contributed by atoms with Crippen molar-refractivity contribution in [3.05, 3.63) is 91.3 Å². The Balaban J connectivity index is 0. The normalized spacial score (nSPS) is 12.1. The predicted octanol–water partition coefficient (Wildman–Crippen LogP) is 9.07. The van der Waals surface area contributed by atoms with Gasteiger partial charge in [0.25, 0.3) is 0 Å². The van der Waals surface area contributed by atoms with E-state index in [4.69, 9.17) is 9.73 Å². The minimum atomic E-state index is -0.636. The lowest BCUT2D eigenvalue weighted by atomic mass is 10.0. The first-order chi connectivity index (χ1) is 18.9. The van der Waals surface area contributed by atoms with Crippen molar-refractivity contribution in [3.63, 3.8) is 0 Å². The molecule has 0 aliphatic heterocycles. The van der Waals surface area contributed by atoms with Crippen LogP contribution in [0.4, 0.5) is 9.18 Å². The third kappa shape index (κ3) is 18.5. The summed E-state index contributed by atoms with van der Waals surface area (Å²) in [7, 11) is 0. The Kier molecular flexibility index (Phi) is 25.4. The first kappa shape index (κ1) is 37.7. The van der Waals surface area contributed by atoms with Crippen molar-refractivity contribution in [1.29, 1.82) is 0 Å². The van der Waals surface area contributed by atoms with Gasteiger partial charge in [0.2, 0.25) is 0 Å². The summed E-state index contributed by atoms with van der Waals surface area (Å²) in [5, 5.41) is 2.68. The number of nitrogens with one attached hydrogen (secondary N) is 1. The largest absolute Gasteiger partial charge is 0.412 e. The van der Waals surface area contributed by atoms with E-state index in [0.29, 0.717) is 13.1 Å². The quantitative estimate of drug-likeness (QED) is 0.0840. The lowest BCUT2D eigenvalue weighted by Crippen LogP contribution is -2.39. The lowest BCUT2D eigenvalue weighted by molar-refractivity contribution is 0.198. The Morgan fingerprint density at radius 2 is 1.74 bits per heavy atom. The summed E-state index contributed by atoms with van der Waals surface area (Å²) in [6.45, 7) is 23.4. The third-order valence-corrected chi connectivity index (χ3v) is 5.33. The zero-order valence-corrected chi connectivity index (χ0v) is 25.4. The fourth-order valence-electron chi connectivity index (χ4n) is 3.47. The second kappa shape index (κ2) is 26.2. The van der Waals surface area contributed by atoms with E-state index in [1.807, 2.05) is 65.0 Å². The molecular formula is C33H52FN3O2. The summed E-state index contributed by atoms with van der Waals surface area (Å²) < 4.78 is 18.5. The van der Waals surface area contributed by atoms with Crippen LogP contribution in [0.1, 0.15) is 74.1 Å². The standard InChI is InChI=1S/C28H40FN3O2.C3H6.C2H6/c1-6-9-20-30-24(5)32(23(4)25(16-7-2)17-8-3)22-15-11-10-14-21-31-28(33)34-27-19-13-12-18-26(27)29;1-3-2;1-2/h6-9,12-13,16-19,23H,2,10-11,14-15,20-22H2,1,3-5H3,(H,31,33);3H,1H2,2H3;1-2H3/b9-6+,17-8-,25-16+,30-24?;;. The number of amidine groups is 1. The molecule has 39 heavy (non-hydrogen) atoms. The molecule has 0 aliphatic carbocycles. The monoisotopic (exact) mass is 541 g/mol. The van der Waals surface area contributed by atoms with Crippen molar-refractivity contribution in [2.75, 3.05) is 19.6 Å². The summed E-state index contributed by atoms with van der Waals surface area (Å²) in [6.07, 6.45) is 17.0. The van der Waals surface area contributed by atoms with E-state index in [1.165, 1.54) is 17.7 Å². The highest BCUT2D eigenvalue weighted by atomic mass is 19.1. The van der Waals surface area contributed by atoms with Crippen molar-refractivity contribution in [2.45, 2.75) is 80.2 Å². The highest BCUT2D eigenvalue weighted by Gasteiger charge is 2.17. The minimum absolute atomic E-state index is 0.0662. The van der Waals surface area contributed by atoms with Crippen molar-refractivity contribution in [2.24, 2.45) is 4.99 Å². The number of carbonyl (C=O) groups excluding carboxylic acids is 1. The number of unbranched alkanes of at least 4 members (excludes halogenated alkanes) is 3. The summed E-state index contributed by atoms with van der Waals surface area (Å²) in [5.74, 6) is 0.396. The fourth-order valence-corrected chi connectivity index (χ4v) is 3.47. The number of hydrogen-bond donors (Lipinski definition) is 1. The summed E-state index contributed by atoms with van der Waals surface area (Å²) in [4.78, 5) is 18.9. The van der Waals surface area contributed by atoms with Gasteiger partial charge in [-0.05, 0) is 65.2 Å². The highest BCUT2D eigenvalue weighted by molar-refractivity contribution is 5.80. The minimum Gasteiger partial charge on any atom is -0.407 e. The van der Waals surface area contributed by atoms with Crippen molar-refractivity contribution < 1.29 is 13.9 Å². The van der Waals surface area contributed by atoms with E-state index < -0.39 is 11.9 Å². The molecule has 0 spiro atoms. The van der Waals surface area contributed by atoms with Crippen LogP contribution in [0.5, 0.6) is 5.75 Å². The first-order valence-corrected chi connectivity index (χ1v) is 14.0. The molecule has 0 saturated carbocycles. The van der Waals surface area contributed by atoms with E-state index in [2.05, 4.69) is 43.3 Å². The molecule has 0 saturated heterocycles.